The van der Waals surface area contributed by atoms with Gasteiger partial charge >= 0.3 is 0 Å². The second-order valence-electron chi connectivity index (χ2n) is 4.00. The number of aryl methyl sites for hydroxylation is 1. The summed E-state index contributed by atoms with van der Waals surface area (Å²) in [5, 5.41) is 11.6. The van der Waals surface area contributed by atoms with Gasteiger partial charge in [-0.25, -0.2) is 4.98 Å². The second kappa shape index (κ2) is 5.34. The molecule has 0 radical (unpaired) electrons. The molecule has 1 heterocycles. The summed E-state index contributed by atoms with van der Waals surface area (Å²) < 4.78 is 0. The van der Waals surface area contributed by atoms with Crippen LogP contribution in [0.1, 0.15) is 12.5 Å². The molecule has 0 aliphatic rings. The summed E-state index contributed by atoms with van der Waals surface area (Å²) in [7, 11) is 1.93. The average molecular weight is 222 g/mol. The first-order chi connectivity index (χ1) is 7.54. The van der Waals surface area contributed by atoms with Crippen molar-refractivity contribution in [2.24, 2.45) is 16.8 Å². The van der Waals surface area contributed by atoms with E-state index in [1.807, 2.05) is 44.1 Å². The first-order valence-electron chi connectivity index (χ1n) is 5.15. The van der Waals surface area contributed by atoms with Crippen molar-refractivity contribution in [3.63, 3.8) is 0 Å². The van der Waals surface area contributed by atoms with Crippen LogP contribution in [0, 0.1) is 12.8 Å². The maximum atomic E-state index is 8.55. The number of rotatable bonds is 4. The van der Waals surface area contributed by atoms with E-state index in [1.54, 1.807) is 0 Å². The molecular weight excluding hydrogens is 204 g/mol. The van der Waals surface area contributed by atoms with Gasteiger partial charge in [-0.05, 0) is 18.6 Å². The molecule has 0 fully saturated rings. The molecule has 1 aromatic rings. The Balaban J connectivity index is 2.65. The van der Waals surface area contributed by atoms with Gasteiger partial charge in [0.15, 0.2) is 0 Å². The van der Waals surface area contributed by atoms with Crippen LogP contribution in [0.15, 0.2) is 23.5 Å². The van der Waals surface area contributed by atoms with Crippen LogP contribution >= 0.6 is 0 Å². The van der Waals surface area contributed by atoms with Crippen molar-refractivity contribution in [1.82, 2.24) is 4.98 Å². The van der Waals surface area contributed by atoms with Crippen molar-refractivity contribution in [2.45, 2.75) is 13.8 Å². The molecule has 0 aliphatic carbocycles. The Morgan fingerprint density at radius 2 is 2.31 bits per heavy atom. The van der Waals surface area contributed by atoms with Crippen molar-refractivity contribution in [2.75, 3.05) is 18.5 Å². The van der Waals surface area contributed by atoms with E-state index in [9.17, 15) is 0 Å². The van der Waals surface area contributed by atoms with E-state index in [0.29, 0.717) is 6.54 Å². The first kappa shape index (κ1) is 12.3. The van der Waals surface area contributed by atoms with E-state index < -0.39 is 0 Å². The molecule has 1 aromatic heterocycles. The van der Waals surface area contributed by atoms with Gasteiger partial charge in [0, 0.05) is 25.7 Å². The van der Waals surface area contributed by atoms with E-state index in [-0.39, 0.29) is 11.8 Å². The minimum atomic E-state index is -0.0156. The van der Waals surface area contributed by atoms with Crippen LogP contribution in [0.5, 0.6) is 0 Å². The summed E-state index contributed by atoms with van der Waals surface area (Å²) in [6.07, 6.45) is 1.82. The summed E-state index contributed by atoms with van der Waals surface area (Å²) in [6.45, 7) is 4.56. The van der Waals surface area contributed by atoms with E-state index >= 15 is 0 Å². The first-order valence-corrected chi connectivity index (χ1v) is 5.15. The molecule has 1 unspecified atom stereocenters. The monoisotopic (exact) mass is 222 g/mol. The molecular formula is C11H18N4O. The van der Waals surface area contributed by atoms with Gasteiger partial charge in [-0.1, -0.05) is 18.1 Å². The highest BCUT2D eigenvalue weighted by atomic mass is 16.4. The average Bonchev–Trinajstić information content (AvgIpc) is 2.28. The number of aromatic nitrogens is 1. The second-order valence-corrected chi connectivity index (χ2v) is 4.00. The zero-order chi connectivity index (χ0) is 12.1. The van der Waals surface area contributed by atoms with Crippen molar-refractivity contribution >= 4 is 11.7 Å². The smallest absolute Gasteiger partial charge is 0.143 e. The molecule has 1 rings (SSSR count). The Bertz CT molecular complexity index is 361. The third-order valence-corrected chi connectivity index (χ3v) is 2.45. The van der Waals surface area contributed by atoms with Crippen LogP contribution in [-0.2, 0) is 0 Å². The standard InChI is InChI=1S/C11H18N4O/c1-8-4-5-10(13-6-8)15(3)7-9(2)11(12)14-16/h4-6,9,16H,7H2,1-3H3,(H2,12,14). The number of pyridine rings is 1. The minimum absolute atomic E-state index is 0.0156. The fourth-order valence-corrected chi connectivity index (χ4v) is 1.38. The molecule has 0 amide bonds. The Hall–Kier alpha value is -1.78. The highest BCUT2D eigenvalue weighted by Gasteiger charge is 2.11. The van der Waals surface area contributed by atoms with Gasteiger partial charge in [-0.3, -0.25) is 0 Å². The topological polar surface area (TPSA) is 74.7 Å². The van der Waals surface area contributed by atoms with E-state index in [0.717, 1.165) is 11.4 Å². The van der Waals surface area contributed by atoms with Crippen LogP contribution in [-0.4, -0.2) is 29.6 Å². The summed E-state index contributed by atoms with van der Waals surface area (Å²) in [5.41, 5.74) is 6.65. The van der Waals surface area contributed by atoms with Crippen molar-refractivity contribution in [1.29, 1.82) is 0 Å². The van der Waals surface area contributed by atoms with Gasteiger partial charge in [0.05, 0.1) is 0 Å². The quantitative estimate of drug-likeness (QED) is 0.347. The van der Waals surface area contributed by atoms with Gasteiger partial charge < -0.3 is 15.8 Å². The predicted molar refractivity (Wildman–Crippen MR) is 64.8 cm³/mol. The summed E-state index contributed by atoms with van der Waals surface area (Å²) in [4.78, 5) is 6.27. The van der Waals surface area contributed by atoms with E-state index in [1.165, 1.54) is 0 Å². The van der Waals surface area contributed by atoms with Crippen LogP contribution in [0.2, 0.25) is 0 Å². The number of amidine groups is 1. The molecule has 5 nitrogen and oxygen atoms in total. The van der Waals surface area contributed by atoms with E-state index in [2.05, 4.69) is 10.1 Å². The molecule has 0 aromatic carbocycles. The lowest BCUT2D eigenvalue weighted by Crippen LogP contribution is -2.33. The third kappa shape index (κ3) is 3.12. The fraction of sp³-hybridized carbons (Fsp3) is 0.455. The maximum Gasteiger partial charge on any atom is 0.143 e. The Labute approximate surface area is 95.6 Å². The van der Waals surface area contributed by atoms with E-state index in [4.69, 9.17) is 10.9 Å². The largest absolute Gasteiger partial charge is 0.409 e. The summed E-state index contributed by atoms with van der Waals surface area (Å²) >= 11 is 0. The number of oxime groups is 1. The lowest BCUT2D eigenvalue weighted by Gasteiger charge is -2.21. The molecule has 0 saturated carbocycles. The highest BCUT2D eigenvalue weighted by molar-refractivity contribution is 5.82. The number of nitrogens with zero attached hydrogens (tertiary/aromatic N) is 3. The lowest BCUT2D eigenvalue weighted by atomic mass is 10.1. The zero-order valence-electron chi connectivity index (χ0n) is 9.88. The van der Waals surface area contributed by atoms with Crippen LogP contribution in [0.3, 0.4) is 0 Å². The van der Waals surface area contributed by atoms with Crippen molar-refractivity contribution in [3.05, 3.63) is 23.9 Å². The van der Waals surface area contributed by atoms with Crippen LogP contribution < -0.4 is 10.6 Å². The lowest BCUT2D eigenvalue weighted by molar-refractivity contribution is 0.314. The number of nitrogens with two attached hydrogens (primary N) is 1. The predicted octanol–water partition coefficient (Wildman–Crippen LogP) is 1.21. The molecule has 3 N–H and O–H groups in total. The normalized spacial score (nSPS) is 13.6. The molecule has 0 aliphatic heterocycles. The number of hydrogen-bond donors (Lipinski definition) is 2. The minimum Gasteiger partial charge on any atom is -0.409 e. The van der Waals surface area contributed by atoms with Crippen LogP contribution in [0.4, 0.5) is 5.82 Å². The Morgan fingerprint density at radius 3 is 2.81 bits per heavy atom. The molecule has 1 atom stereocenters. The van der Waals surface area contributed by atoms with Gasteiger partial charge in [0.1, 0.15) is 11.7 Å². The third-order valence-electron chi connectivity index (χ3n) is 2.45. The van der Waals surface area contributed by atoms with Gasteiger partial charge in [0.25, 0.3) is 0 Å². The highest BCUT2D eigenvalue weighted by Crippen LogP contribution is 2.11. The summed E-state index contributed by atoms with van der Waals surface area (Å²) in [6, 6.07) is 3.96. The van der Waals surface area contributed by atoms with Crippen molar-refractivity contribution in [3.8, 4) is 0 Å². The fourth-order valence-electron chi connectivity index (χ4n) is 1.38. The summed E-state index contributed by atoms with van der Waals surface area (Å²) in [5.74, 6) is 1.10. The molecule has 0 spiro atoms. The SMILES string of the molecule is Cc1ccc(N(C)CC(C)C(N)=NO)nc1. The molecule has 0 bridgehead atoms. The Morgan fingerprint density at radius 1 is 1.62 bits per heavy atom. The van der Waals surface area contributed by atoms with Crippen LogP contribution in [0.25, 0.3) is 0 Å². The maximum absolute atomic E-state index is 8.55. The van der Waals surface area contributed by atoms with Gasteiger partial charge in [-0.15, -0.1) is 0 Å². The van der Waals surface area contributed by atoms with Gasteiger partial charge in [-0.2, -0.15) is 0 Å². The van der Waals surface area contributed by atoms with Crippen molar-refractivity contribution < 1.29 is 5.21 Å². The van der Waals surface area contributed by atoms with Gasteiger partial charge in [0.2, 0.25) is 0 Å². The number of anilines is 1. The molecule has 5 heteroatoms. The molecule has 16 heavy (non-hydrogen) atoms. The Kier molecular flexibility index (Phi) is 4.10. The molecule has 88 valence electrons. The number of hydrogen-bond acceptors (Lipinski definition) is 4. The molecule has 0 saturated heterocycles. The zero-order valence-corrected chi connectivity index (χ0v) is 9.88.